The number of unbranched alkanes of at least 4 members (excludes halogenated alkanes) is 2. The van der Waals surface area contributed by atoms with Crippen molar-refractivity contribution in [2.45, 2.75) is 166 Å². The van der Waals surface area contributed by atoms with Crippen LogP contribution in [-0.4, -0.2) is 95.8 Å². The Morgan fingerprint density at radius 3 is 2.59 bits per heavy atom. The van der Waals surface area contributed by atoms with Crippen LogP contribution in [0.5, 0.6) is 0 Å². The highest BCUT2D eigenvalue weighted by Gasteiger charge is 2.47. The molecule has 4 aliphatic rings. The van der Waals surface area contributed by atoms with Crippen molar-refractivity contribution in [3.8, 4) is 0 Å². The first kappa shape index (κ1) is 39.8. The standard InChI is InChI=1S/C37H68N6O6/c1-3-4-5-8-29(45)20-31(48-25(2)44)12-11-26-17-28(35(47)32(18-26)49-30-9-6-7-10-30)23-43-24-37(22-34(43)46,14-16-42-36(39)40)21-27-13-15-41-33(38)19-27/h26-33,35,41,45,47H,3-24,38H2,1-2H3,(H4,39,40,42)/t26?,27?,28?,29-,31+,32?,33?,35?,37-/m0/s1. The van der Waals surface area contributed by atoms with Crippen molar-refractivity contribution in [1.29, 1.82) is 0 Å². The number of guanidine groups is 1. The van der Waals surface area contributed by atoms with Crippen molar-refractivity contribution in [3.05, 3.63) is 0 Å². The number of hydrogen-bond acceptors (Lipinski definition) is 9. The number of carbonyl (C=O) groups excluding carboxylic acids is 2. The molecule has 6 unspecified atom stereocenters. The maximum absolute atomic E-state index is 13.7. The van der Waals surface area contributed by atoms with Crippen molar-refractivity contribution in [2.75, 3.05) is 26.2 Å². The number of amides is 1. The Morgan fingerprint density at radius 1 is 1.12 bits per heavy atom. The van der Waals surface area contributed by atoms with Crippen LogP contribution in [-0.2, 0) is 19.1 Å². The fourth-order valence-electron chi connectivity index (χ4n) is 9.28. The zero-order chi connectivity index (χ0) is 35.4. The number of hydrogen-bond donors (Lipinski definition) is 6. The molecule has 9 atom stereocenters. The molecule has 0 aromatic carbocycles. The number of rotatable bonds is 19. The van der Waals surface area contributed by atoms with Crippen LogP contribution in [0.15, 0.2) is 4.99 Å². The van der Waals surface area contributed by atoms with E-state index in [1.165, 1.54) is 6.92 Å². The zero-order valence-corrected chi connectivity index (χ0v) is 30.4. The number of esters is 1. The van der Waals surface area contributed by atoms with Crippen molar-refractivity contribution in [1.82, 2.24) is 10.2 Å². The average Bonchev–Trinajstić information content (AvgIpc) is 3.65. The van der Waals surface area contributed by atoms with Crippen LogP contribution >= 0.6 is 0 Å². The molecule has 0 radical (unpaired) electrons. The van der Waals surface area contributed by atoms with Gasteiger partial charge in [0.15, 0.2) is 5.96 Å². The predicted octanol–water partition coefficient (Wildman–Crippen LogP) is 3.30. The fourth-order valence-corrected chi connectivity index (χ4v) is 9.28. The lowest BCUT2D eigenvalue weighted by Gasteiger charge is -2.42. The minimum absolute atomic E-state index is 0.0300. The van der Waals surface area contributed by atoms with Gasteiger partial charge in [-0.1, -0.05) is 39.0 Å². The lowest BCUT2D eigenvalue weighted by atomic mass is 9.73. The van der Waals surface area contributed by atoms with Crippen LogP contribution in [0, 0.1) is 23.2 Å². The fraction of sp³-hybridized carbons (Fsp3) is 0.919. The van der Waals surface area contributed by atoms with E-state index in [2.05, 4.69) is 17.2 Å². The number of nitrogens with zero attached hydrogens (tertiary/aromatic N) is 2. The molecule has 0 spiro atoms. The highest BCUT2D eigenvalue weighted by atomic mass is 16.5. The molecule has 2 aliphatic heterocycles. The molecule has 12 nitrogen and oxygen atoms in total. The third-order valence-corrected chi connectivity index (χ3v) is 11.7. The molecule has 1 amide bonds. The first-order valence-corrected chi connectivity index (χ1v) is 19.5. The van der Waals surface area contributed by atoms with E-state index in [1.54, 1.807) is 0 Å². The zero-order valence-electron chi connectivity index (χ0n) is 30.4. The van der Waals surface area contributed by atoms with Gasteiger partial charge in [0.1, 0.15) is 6.10 Å². The molecule has 4 rings (SSSR count). The van der Waals surface area contributed by atoms with E-state index in [0.717, 1.165) is 96.4 Å². The summed E-state index contributed by atoms with van der Waals surface area (Å²) in [4.78, 5) is 32.0. The number of carbonyl (C=O) groups is 2. The Hall–Kier alpha value is -1.99. The third-order valence-electron chi connectivity index (χ3n) is 11.7. The van der Waals surface area contributed by atoms with E-state index in [9.17, 15) is 19.8 Å². The Kier molecular flexibility index (Phi) is 15.9. The molecule has 12 heteroatoms. The molecule has 0 bridgehead atoms. The maximum Gasteiger partial charge on any atom is 0.302 e. The number of nitrogens with one attached hydrogen (secondary N) is 1. The predicted molar refractivity (Wildman–Crippen MR) is 191 cm³/mol. The molecular weight excluding hydrogens is 624 g/mol. The van der Waals surface area contributed by atoms with Crippen molar-refractivity contribution in [3.63, 3.8) is 0 Å². The summed E-state index contributed by atoms with van der Waals surface area (Å²) in [5.74, 6) is 0.404. The number of likely N-dealkylation sites (tertiary alicyclic amines) is 1. The largest absolute Gasteiger partial charge is 0.462 e. The van der Waals surface area contributed by atoms with E-state index in [0.29, 0.717) is 51.2 Å². The van der Waals surface area contributed by atoms with Crippen LogP contribution in [0.2, 0.25) is 0 Å². The van der Waals surface area contributed by atoms with Gasteiger partial charge in [-0.15, -0.1) is 0 Å². The SMILES string of the molecule is CCCCC[C@H](O)C[C@@H](CCC1CC(CN2C[C@@](CCN=C(N)N)(CC3CCNC(N)C3)CC2=O)C(O)C(OC2CCCC2)C1)OC(C)=O. The van der Waals surface area contributed by atoms with Crippen LogP contribution in [0.4, 0.5) is 0 Å². The molecule has 0 aromatic heterocycles. The van der Waals surface area contributed by atoms with E-state index < -0.39 is 12.2 Å². The van der Waals surface area contributed by atoms with Crippen LogP contribution in [0.1, 0.15) is 129 Å². The molecule has 49 heavy (non-hydrogen) atoms. The molecule has 2 aliphatic carbocycles. The average molecular weight is 693 g/mol. The lowest BCUT2D eigenvalue weighted by molar-refractivity contribution is -0.149. The Labute approximate surface area is 294 Å². The van der Waals surface area contributed by atoms with Crippen LogP contribution in [0.25, 0.3) is 0 Å². The highest BCUT2D eigenvalue weighted by molar-refractivity contribution is 5.79. The van der Waals surface area contributed by atoms with Gasteiger partial charge in [-0.05, 0) is 94.4 Å². The summed E-state index contributed by atoms with van der Waals surface area (Å²) in [6.45, 7) is 6.03. The molecule has 0 aromatic rings. The number of aliphatic imine (C=N–C) groups is 1. The summed E-state index contributed by atoms with van der Waals surface area (Å²) in [6, 6.07) is 0. The number of ether oxygens (including phenoxy) is 2. The van der Waals surface area contributed by atoms with Gasteiger partial charge in [0.25, 0.3) is 0 Å². The van der Waals surface area contributed by atoms with Gasteiger partial charge in [0.2, 0.25) is 5.91 Å². The summed E-state index contributed by atoms with van der Waals surface area (Å²) in [5.41, 5.74) is 17.3. The quantitative estimate of drug-likeness (QED) is 0.0505. The van der Waals surface area contributed by atoms with Gasteiger partial charge in [-0.3, -0.25) is 14.6 Å². The summed E-state index contributed by atoms with van der Waals surface area (Å²) in [5, 5.41) is 25.8. The summed E-state index contributed by atoms with van der Waals surface area (Å²) in [7, 11) is 0. The smallest absolute Gasteiger partial charge is 0.302 e. The number of aliphatic hydroxyl groups excluding tert-OH is 2. The Bertz CT molecular complexity index is 1050. The van der Waals surface area contributed by atoms with Gasteiger partial charge < -0.3 is 47.1 Å². The molecule has 2 heterocycles. The number of nitrogens with two attached hydrogens (primary N) is 3. The monoisotopic (exact) mass is 693 g/mol. The topological polar surface area (TPSA) is 199 Å². The summed E-state index contributed by atoms with van der Waals surface area (Å²) in [6.07, 6.45) is 13.9. The first-order chi connectivity index (χ1) is 23.4. The van der Waals surface area contributed by atoms with E-state index in [-0.39, 0.29) is 59.6 Å². The Balaban J connectivity index is 1.44. The molecule has 4 fully saturated rings. The Morgan fingerprint density at radius 2 is 1.90 bits per heavy atom. The van der Waals surface area contributed by atoms with Gasteiger partial charge >= 0.3 is 5.97 Å². The molecule has 2 saturated carbocycles. The second kappa shape index (κ2) is 19.6. The number of piperidine rings is 1. The third kappa shape index (κ3) is 12.9. The number of aliphatic hydroxyl groups is 2. The molecule has 2 saturated heterocycles. The summed E-state index contributed by atoms with van der Waals surface area (Å²) >= 11 is 0. The highest BCUT2D eigenvalue weighted by Crippen LogP contribution is 2.44. The van der Waals surface area contributed by atoms with E-state index >= 15 is 0 Å². The van der Waals surface area contributed by atoms with Gasteiger partial charge in [0.05, 0.1) is 30.6 Å². The van der Waals surface area contributed by atoms with Crippen molar-refractivity contribution < 1.29 is 29.3 Å². The first-order valence-electron chi connectivity index (χ1n) is 19.5. The molecule has 282 valence electrons. The minimum atomic E-state index is -0.659. The molecule has 9 N–H and O–H groups in total. The maximum atomic E-state index is 13.7. The molecular formula is C37H68N6O6. The summed E-state index contributed by atoms with van der Waals surface area (Å²) < 4.78 is 12.3. The van der Waals surface area contributed by atoms with E-state index in [1.807, 2.05) is 4.90 Å². The normalized spacial score (nSPS) is 32.3. The van der Waals surface area contributed by atoms with Crippen molar-refractivity contribution >= 4 is 17.8 Å². The van der Waals surface area contributed by atoms with Gasteiger partial charge in [0, 0.05) is 45.3 Å². The van der Waals surface area contributed by atoms with Crippen LogP contribution in [0.3, 0.4) is 0 Å². The van der Waals surface area contributed by atoms with Gasteiger partial charge in [-0.25, -0.2) is 0 Å². The second-order valence-corrected chi connectivity index (χ2v) is 16.0. The van der Waals surface area contributed by atoms with E-state index in [4.69, 9.17) is 26.7 Å². The second-order valence-electron chi connectivity index (χ2n) is 16.0. The lowest BCUT2D eigenvalue weighted by Crippen LogP contribution is -2.48. The van der Waals surface area contributed by atoms with Crippen LogP contribution < -0.4 is 22.5 Å². The van der Waals surface area contributed by atoms with Crippen molar-refractivity contribution in [2.24, 2.45) is 45.4 Å². The minimum Gasteiger partial charge on any atom is -0.462 e. The van der Waals surface area contributed by atoms with Gasteiger partial charge in [-0.2, -0.15) is 0 Å².